The first kappa shape index (κ1) is 19.0. The number of hydrogen-bond acceptors (Lipinski definition) is 4. The lowest BCUT2D eigenvalue weighted by Gasteiger charge is -2.28. The van der Waals surface area contributed by atoms with Crippen molar-refractivity contribution in [2.75, 3.05) is 23.0 Å². The quantitative estimate of drug-likeness (QED) is 0.750. The van der Waals surface area contributed by atoms with Crippen LogP contribution in [0, 0.1) is 0 Å². The van der Waals surface area contributed by atoms with Crippen molar-refractivity contribution in [3.63, 3.8) is 0 Å². The summed E-state index contributed by atoms with van der Waals surface area (Å²) < 4.78 is 29.3. The lowest BCUT2D eigenvalue weighted by atomic mass is 10.2. The van der Waals surface area contributed by atoms with E-state index < -0.39 is 15.9 Å². The predicted molar refractivity (Wildman–Crippen MR) is 103 cm³/mol. The van der Waals surface area contributed by atoms with Crippen molar-refractivity contribution in [2.45, 2.75) is 12.5 Å². The molecule has 1 atom stereocenters. The van der Waals surface area contributed by atoms with Crippen LogP contribution in [0.25, 0.3) is 0 Å². The van der Waals surface area contributed by atoms with Crippen molar-refractivity contribution in [1.82, 2.24) is 0 Å². The maximum absolute atomic E-state index is 12.8. The van der Waals surface area contributed by atoms with Gasteiger partial charge in [0.15, 0.2) is 16.4 Å². The van der Waals surface area contributed by atoms with E-state index in [1.54, 1.807) is 36.4 Å². The summed E-state index contributed by atoms with van der Waals surface area (Å²) in [6, 6.07) is 13.3. The van der Waals surface area contributed by atoms with Crippen molar-refractivity contribution >= 4 is 44.6 Å². The van der Waals surface area contributed by atoms with Crippen LogP contribution < -0.4 is 9.64 Å². The molecule has 2 aromatic rings. The highest BCUT2D eigenvalue weighted by molar-refractivity contribution is 7.91. The topological polar surface area (TPSA) is 63.7 Å². The number of rotatable bonds is 5. The minimum absolute atomic E-state index is 0.0500. The fourth-order valence-corrected chi connectivity index (χ4v) is 4.96. The first-order chi connectivity index (χ1) is 12.4. The molecular weight excluding hydrogens is 397 g/mol. The second-order valence-electron chi connectivity index (χ2n) is 6.02. The Morgan fingerprint density at radius 3 is 2.54 bits per heavy atom. The van der Waals surface area contributed by atoms with Crippen molar-refractivity contribution in [3.05, 3.63) is 58.6 Å². The number of carbonyl (C=O) groups is 1. The number of benzene rings is 2. The normalized spacial score (nSPS) is 18.5. The maximum Gasteiger partial charge on any atom is 0.265 e. The van der Waals surface area contributed by atoms with Gasteiger partial charge >= 0.3 is 0 Å². The average Bonchev–Trinajstić information content (AvgIpc) is 2.96. The average molecular weight is 414 g/mol. The van der Waals surface area contributed by atoms with Gasteiger partial charge in [-0.3, -0.25) is 4.79 Å². The molecule has 0 radical (unpaired) electrons. The summed E-state index contributed by atoms with van der Waals surface area (Å²) in [6.45, 7) is -0.272. The molecule has 138 valence electrons. The molecule has 2 aromatic carbocycles. The van der Waals surface area contributed by atoms with Crippen LogP contribution in [-0.4, -0.2) is 38.5 Å². The van der Waals surface area contributed by atoms with Gasteiger partial charge < -0.3 is 9.64 Å². The van der Waals surface area contributed by atoms with Gasteiger partial charge in [0, 0.05) is 16.8 Å². The van der Waals surface area contributed by atoms with Crippen molar-refractivity contribution < 1.29 is 17.9 Å². The molecular formula is C18H17Cl2NO4S. The van der Waals surface area contributed by atoms with E-state index in [0.29, 0.717) is 27.9 Å². The third-order valence-electron chi connectivity index (χ3n) is 4.12. The molecule has 8 heteroatoms. The zero-order valence-electron chi connectivity index (χ0n) is 13.8. The standard InChI is InChI=1S/C18H17Cl2NO4S/c19-13-6-7-16(20)17(10-13)25-11-18(22)21(14-4-2-1-3-5-14)15-8-9-26(23,24)12-15/h1-7,10,15H,8-9,11-12H2/t15-/m1/s1. The first-order valence-electron chi connectivity index (χ1n) is 8.01. The number of amides is 1. The first-order valence-corrected chi connectivity index (χ1v) is 10.6. The lowest BCUT2D eigenvalue weighted by Crippen LogP contribution is -2.43. The van der Waals surface area contributed by atoms with E-state index in [1.807, 2.05) is 6.07 Å². The summed E-state index contributed by atoms with van der Waals surface area (Å²) in [5, 5.41) is 0.788. The van der Waals surface area contributed by atoms with Gasteiger partial charge in [-0.15, -0.1) is 0 Å². The number of hydrogen-bond donors (Lipinski definition) is 0. The zero-order valence-corrected chi connectivity index (χ0v) is 16.1. The Bertz CT molecular complexity index is 903. The van der Waals surface area contributed by atoms with Gasteiger partial charge in [-0.1, -0.05) is 41.4 Å². The van der Waals surface area contributed by atoms with E-state index in [0.717, 1.165) is 0 Å². The number of nitrogens with zero attached hydrogens (tertiary/aromatic N) is 1. The van der Waals surface area contributed by atoms with Gasteiger partial charge in [-0.2, -0.15) is 0 Å². The van der Waals surface area contributed by atoms with E-state index in [2.05, 4.69) is 0 Å². The van der Waals surface area contributed by atoms with E-state index in [-0.39, 0.29) is 24.0 Å². The van der Waals surface area contributed by atoms with Crippen LogP contribution in [0.15, 0.2) is 48.5 Å². The van der Waals surface area contributed by atoms with Crippen LogP contribution in [0.4, 0.5) is 5.69 Å². The Labute approximate surface area is 162 Å². The Balaban J connectivity index is 1.80. The molecule has 5 nitrogen and oxygen atoms in total. The fourth-order valence-electron chi connectivity index (χ4n) is 2.92. The van der Waals surface area contributed by atoms with Crippen LogP contribution in [-0.2, 0) is 14.6 Å². The Morgan fingerprint density at radius 2 is 1.88 bits per heavy atom. The number of sulfone groups is 1. The molecule has 0 aliphatic carbocycles. The molecule has 1 aliphatic rings. The van der Waals surface area contributed by atoms with Crippen LogP contribution >= 0.6 is 23.2 Å². The largest absolute Gasteiger partial charge is 0.482 e. The summed E-state index contributed by atoms with van der Waals surface area (Å²) in [5.41, 5.74) is 0.639. The van der Waals surface area contributed by atoms with Crippen molar-refractivity contribution in [1.29, 1.82) is 0 Å². The van der Waals surface area contributed by atoms with E-state index in [1.165, 1.54) is 11.0 Å². The van der Waals surface area contributed by atoms with Gasteiger partial charge in [0.05, 0.1) is 22.6 Å². The second kappa shape index (κ2) is 7.86. The van der Waals surface area contributed by atoms with Gasteiger partial charge in [-0.25, -0.2) is 8.42 Å². The second-order valence-corrected chi connectivity index (χ2v) is 9.09. The maximum atomic E-state index is 12.8. The highest BCUT2D eigenvalue weighted by Gasteiger charge is 2.35. The molecule has 1 aliphatic heterocycles. The van der Waals surface area contributed by atoms with Crippen LogP contribution in [0.5, 0.6) is 5.75 Å². The Morgan fingerprint density at radius 1 is 1.15 bits per heavy atom. The number of para-hydroxylation sites is 1. The predicted octanol–water partition coefficient (Wildman–Crippen LogP) is 3.59. The molecule has 1 amide bonds. The number of anilines is 1. The van der Waals surface area contributed by atoms with Gasteiger partial charge in [-0.05, 0) is 30.7 Å². The van der Waals surface area contributed by atoms with E-state index in [4.69, 9.17) is 27.9 Å². The molecule has 1 saturated heterocycles. The number of halogens is 2. The van der Waals surface area contributed by atoms with E-state index >= 15 is 0 Å². The molecule has 0 unspecified atom stereocenters. The molecule has 0 aromatic heterocycles. The SMILES string of the molecule is O=C(COc1cc(Cl)ccc1Cl)N(c1ccccc1)[C@@H]1CCS(=O)(=O)C1. The Kier molecular flexibility index (Phi) is 5.75. The molecule has 0 bridgehead atoms. The molecule has 0 saturated carbocycles. The van der Waals surface area contributed by atoms with Crippen LogP contribution in [0.2, 0.25) is 10.0 Å². The van der Waals surface area contributed by atoms with Crippen molar-refractivity contribution in [2.24, 2.45) is 0 Å². The van der Waals surface area contributed by atoms with Crippen LogP contribution in [0.1, 0.15) is 6.42 Å². The molecule has 1 fully saturated rings. The monoisotopic (exact) mass is 413 g/mol. The fraction of sp³-hybridized carbons (Fsp3) is 0.278. The third kappa shape index (κ3) is 4.50. The molecule has 0 N–H and O–H groups in total. The third-order valence-corrected chi connectivity index (χ3v) is 6.42. The number of carbonyl (C=O) groups excluding carboxylic acids is 1. The highest BCUT2D eigenvalue weighted by atomic mass is 35.5. The highest BCUT2D eigenvalue weighted by Crippen LogP contribution is 2.29. The zero-order chi connectivity index (χ0) is 18.7. The summed E-state index contributed by atoms with van der Waals surface area (Å²) in [4.78, 5) is 14.3. The number of ether oxygens (including phenoxy) is 1. The van der Waals surface area contributed by atoms with Gasteiger partial charge in [0.2, 0.25) is 0 Å². The lowest BCUT2D eigenvalue weighted by molar-refractivity contribution is -0.121. The van der Waals surface area contributed by atoms with Gasteiger partial charge in [0.1, 0.15) is 5.75 Å². The molecule has 26 heavy (non-hydrogen) atoms. The van der Waals surface area contributed by atoms with Crippen molar-refractivity contribution in [3.8, 4) is 5.75 Å². The van der Waals surface area contributed by atoms with Gasteiger partial charge in [0.25, 0.3) is 5.91 Å². The van der Waals surface area contributed by atoms with Crippen LogP contribution in [0.3, 0.4) is 0 Å². The molecule has 3 rings (SSSR count). The minimum atomic E-state index is -3.13. The van der Waals surface area contributed by atoms with E-state index in [9.17, 15) is 13.2 Å². The summed E-state index contributed by atoms with van der Waals surface area (Å²) in [7, 11) is -3.13. The smallest absolute Gasteiger partial charge is 0.265 e. The summed E-state index contributed by atoms with van der Waals surface area (Å²) >= 11 is 12.0. The minimum Gasteiger partial charge on any atom is -0.482 e. The summed E-state index contributed by atoms with van der Waals surface area (Å²) in [6.07, 6.45) is 0.404. The Hall–Kier alpha value is -1.76. The molecule has 1 heterocycles. The summed E-state index contributed by atoms with van der Waals surface area (Å²) in [5.74, 6) is -0.00483. The molecule has 0 spiro atoms.